The van der Waals surface area contributed by atoms with Crippen molar-refractivity contribution < 1.29 is 47.6 Å². The monoisotopic (exact) mass is 594 g/mol. The van der Waals surface area contributed by atoms with E-state index >= 15 is 0 Å². The highest BCUT2D eigenvalue weighted by Gasteiger charge is 2.39. The Morgan fingerprint density at radius 3 is 1.76 bits per heavy atom. The predicted octanol–water partition coefficient (Wildman–Crippen LogP) is 5.59. The van der Waals surface area contributed by atoms with E-state index in [2.05, 4.69) is 0 Å². The van der Waals surface area contributed by atoms with E-state index in [1.54, 1.807) is 35.2 Å². The van der Waals surface area contributed by atoms with E-state index in [1.165, 1.54) is 14.0 Å². The van der Waals surface area contributed by atoms with Crippen LogP contribution in [0.3, 0.4) is 0 Å². The lowest BCUT2D eigenvalue weighted by Gasteiger charge is -2.28. The predicted molar refractivity (Wildman–Crippen MR) is 149 cm³/mol. The summed E-state index contributed by atoms with van der Waals surface area (Å²) in [6.45, 7) is 13.8. The van der Waals surface area contributed by atoms with Crippen molar-refractivity contribution in [1.82, 2.24) is 4.90 Å². The van der Waals surface area contributed by atoms with Crippen LogP contribution in [0.25, 0.3) is 0 Å². The Labute approximate surface area is 242 Å². The first kappa shape index (κ1) is 34.3. The number of fused-ring (bicyclic) bond motifs is 1. The zero-order valence-corrected chi connectivity index (χ0v) is 24.9. The summed E-state index contributed by atoms with van der Waals surface area (Å²) < 4.78 is 37.0. The first-order valence-electron chi connectivity index (χ1n) is 12.9. The second-order valence-electron chi connectivity index (χ2n) is 12.3. The van der Waals surface area contributed by atoms with Crippen LogP contribution in [0.15, 0.2) is 30.3 Å². The highest BCUT2D eigenvalue weighted by atomic mass is 19.4. The SMILES string of the molecule is COC(C)(C(=O)O)c1ccc2c(c1)C(=N)N(CC(=O)c1cc(C(C)(C)C)c(O)c(C(C)(C)C)c1)C2.O=C(O)C(F)(F)F. The number of carbonyl (C=O) groups excluding carboxylic acids is 1. The molecule has 0 spiro atoms. The second kappa shape index (κ2) is 11.7. The van der Waals surface area contributed by atoms with Crippen molar-refractivity contribution >= 4 is 23.6 Å². The minimum Gasteiger partial charge on any atom is -0.507 e. The van der Waals surface area contributed by atoms with E-state index in [1.807, 2.05) is 41.5 Å². The third-order valence-electron chi connectivity index (χ3n) is 7.03. The number of hydrogen-bond donors (Lipinski definition) is 4. The molecule has 0 saturated heterocycles. The number of ketones is 1. The number of methoxy groups -OCH3 is 1. The van der Waals surface area contributed by atoms with Gasteiger partial charge in [-0.15, -0.1) is 0 Å². The van der Waals surface area contributed by atoms with Crippen LogP contribution >= 0.6 is 0 Å². The molecule has 0 amide bonds. The average molecular weight is 595 g/mol. The Hall–Kier alpha value is -3.93. The van der Waals surface area contributed by atoms with Crippen molar-refractivity contribution in [3.8, 4) is 5.75 Å². The molecule has 1 atom stereocenters. The number of phenols is 1. The summed E-state index contributed by atoms with van der Waals surface area (Å²) >= 11 is 0. The molecule has 1 aliphatic heterocycles. The van der Waals surface area contributed by atoms with E-state index in [0.717, 1.165) is 5.56 Å². The number of nitrogens with one attached hydrogen (secondary N) is 1. The zero-order valence-electron chi connectivity index (χ0n) is 24.9. The van der Waals surface area contributed by atoms with Gasteiger partial charge >= 0.3 is 18.1 Å². The normalized spacial score (nSPS) is 14.9. The summed E-state index contributed by atoms with van der Waals surface area (Å²) in [6, 6.07) is 8.67. The summed E-state index contributed by atoms with van der Waals surface area (Å²) in [5, 5.41) is 36.4. The van der Waals surface area contributed by atoms with Gasteiger partial charge in [0.25, 0.3) is 0 Å². The lowest BCUT2D eigenvalue weighted by atomic mass is 9.78. The van der Waals surface area contributed by atoms with Crippen LogP contribution in [0.4, 0.5) is 13.2 Å². The Bertz CT molecular complexity index is 1370. The van der Waals surface area contributed by atoms with Crippen molar-refractivity contribution in [3.63, 3.8) is 0 Å². The minimum atomic E-state index is -5.08. The van der Waals surface area contributed by atoms with Gasteiger partial charge < -0.3 is 25.0 Å². The quantitative estimate of drug-likeness (QED) is 0.317. The Morgan fingerprint density at radius 2 is 1.38 bits per heavy atom. The molecule has 0 saturated carbocycles. The number of phenolic OH excluding ortho intramolecular Hbond substituents is 1. The van der Waals surface area contributed by atoms with Gasteiger partial charge in [-0.3, -0.25) is 10.2 Å². The number of carbonyl (C=O) groups is 3. The molecule has 2 aromatic carbocycles. The smallest absolute Gasteiger partial charge is 0.490 e. The number of amidine groups is 1. The van der Waals surface area contributed by atoms with Crippen LogP contribution in [0.2, 0.25) is 0 Å². The molecule has 0 aliphatic carbocycles. The minimum absolute atomic E-state index is 0.00125. The number of halogens is 3. The average Bonchev–Trinajstić information content (AvgIpc) is 3.16. The molecule has 1 heterocycles. The summed E-state index contributed by atoms with van der Waals surface area (Å²) in [6.07, 6.45) is -5.08. The van der Waals surface area contributed by atoms with Crippen LogP contribution in [0, 0.1) is 5.41 Å². The number of aromatic hydroxyl groups is 1. The maximum atomic E-state index is 13.4. The number of carboxylic acids is 2. The summed E-state index contributed by atoms with van der Waals surface area (Å²) in [4.78, 5) is 35.8. The van der Waals surface area contributed by atoms with Crippen molar-refractivity contribution in [2.24, 2.45) is 0 Å². The molecular weight excluding hydrogens is 557 g/mol. The number of aliphatic carboxylic acids is 2. The van der Waals surface area contributed by atoms with Gasteiger partial charge in [-0.2, -0.15) is 13.2 Å². The molecule has 3 rings (SSSR count). The van der Waals surface area contributed by atoms with Crippen LogP contribution in [0.5, 0.6) is 5.75 Å². The third-order valence-corrected chi connectivity index (χ3v) is 7.03. The topological polar surface area (TPSA) is 148 Å². The van der Waals surface area contributed by atoms with Gasteiger partial charge in [0.05, 0.1) is 6.54 Å². The molecule has 42 heavy (non-hydrogen) atoms. The van der Waals surface area contributed by atoms with Crippen LogP contribution < -0.4 is 0 Å². The van der Waals surface area contributed by atoms with E-state index < -0.39 is 23.7 Å². The maximum absolute atomic E-state index is 13.4. The fraction of sp³-hybridized carbons (Fsp3) is 0.467. The van der Waals surface area contributed by atoms with Crippen LogP contribution in [-0.2, 0) is 37.3 Å². The molecule has 12 heteroatoms. The number of Topliss-reactive ketones (excluding diaryl/α,β-unsaturated/α-hetero) is 1. The molecule has 230 valence electrons. The number of nitrogens with zero attached hydrogens (tertiary/aromatic N) is 1. The van der Waals surface area contributed by atoms with E-state index in [-0.39, 0.29) is 34.7 Å². The Kier molecular flexibility index (Phi) is 9.59. The number of ether oxygens (including phenoxy) is 1. The van der Waals surface area contributed by atoms with Gasteiger partial charge in [0.1, 0.15) is 11.6 Å². The van der Waals surface area contributed by atoms with E-state index in [4.69, 9.17) is 20.0 Å². The van der Waals surface area contributed by atoms with Crippen molar-refractivity contribution in [3.05, 3.63) is 63.7 Å². The summed E-state index contributed by atoms with van der Waals surface area (Å²) in [5.74, 6) is -3.63. The van der Waals surface area contributed by atoms with Gasteiger partial charge in [-0.1, -0.05) is 53.7 Å². The Balaban J connectivity index is 0.000000782. The molecule has 9 nitrogen and oxygen atoms in total. The molecule has 0 fully saturated rings. The number of benzene rings is 2. The molecule has 4 N–H and O–H groups in total. The lowest BCUT2D eigenvalue weighted by Crippen LogP contribution is -2.34. The lowest BCUT2D eigenvalue weighted by molar-refractivity contribution is -0.192. The number of alkyl halides is 3. The van der Waals surface area contributed by atoms with Crippen molar-refractivity contribution in [1.29, 1.82) is 5.41 Å². The van der Waals surface area contributed by atoms with E-state index in [9.17, 15) is 33.0 Å². The summed E-state index contributed by atoms with van der Waals surface area (Å²) in [5.41, 5.74) is 1.57. The second-order valence-corrected chi connectivity index (χ2v) is 12.3. The highest BCUT2D eigenvalue weighted by molar-refractivity contribution is 6.05. The zero-order chi connectivity index (χ0) is 32.6. The number of carboxylic acid groups (broad SMARTS) is 2. The molecule has 2 aromatic rings. The molecule has 1 unspecified atom stereocenters. The van der Waals surface area contributed by atoms with Crippen LogP contribution in [0.1, 0.15) is 86.6 Å². The van der Waals surface area contributed by atoms with Gasteiger partial charge in [0, 0.05) is 35.9 Å². The van der Waals surface area contributed by atoms with Crippen molar-refractivity contribution in [2.75, 3.05) is 13.7 Å². The molecule has 0 bridgehead atoms. The van der Waals surface area contributed by atoms with Crippen LogP contribution in [-0.4, -0.2) is 63.6 Å². The van der Waals surface area contributed by atoms with Gasteiger partial charge in [-0.25, -0.2) is 9.59 Å². The summed E-state index contributed by atoms with van der Waals surface area (Å²) in [7, 11) is 1.34. The Morgan fingerprint density at radius 1 is 0.905 bits per heavy atom. The number of hydrogen-bond acceptors (Lipinski definition) is 6. The fourth-order valence-corrected chi connectivity index (χ4v) is 4.35. The highest BCUT2D eigenvalue weighted by Crippen LogP contribution is 2.40. The van der Waals surface area contributed by atoms with Crippen molar-refractivity contribution in [2.45, 2.75) is 77.6 Å². The first-order valence-corrected chi connectivity index (χ1v) is 12.9. The first-order chi connectivity index (χ1) is 18.9. The molecule has 1 aliphatic rings. The van der Waals surface area contributed by atoms with Gasteiger partial charge in [-0.05, 0) is 47.1 Å². The number of rotatable bonds is 6. The molecule has 0 radical (unpaired) electrons. The van der Waals surface area contributed by atoms with E-state index in [0.29, 0.717) is 34.4 Å². The van der Waals surface area contributed by atoms with Gasteiger partial charge in [0.2, 0.25) is 0 Å². The standard InChI is InChI=1S/C28H36N2O5.C2HF3O2/c1-26(2,3)20-11-17(12-21(23(20)32)27(4,5)6)22(31)15-30-14-16-9-10-18(13-19(16)24(30)29)28(7,35-8)25(33)34;3-2(4,5)1(6)7/h9-13,29,32H,14-15H2,1-8H3,(H,33,34);(H,6,7). The van der Waals surface area contributed by atoms with Gasteiger partial charge in [0.15, 0.2) is 11.4 Å². The third kappa shape index (κ3) is 7.28. The largest absolute Gasteiger partial charge is 0.507 e. The molecular formula is C30H37F3N2O7. The molecule has 0 aromatic heterocycles. The maximum Gasteiger partial charge on any atom is 0.490 e. The fourth-order valence-electron chi connectivity index (χ4n) is 4.35.